The topological polar surface area (TPSA) is 60.0 Å². The standard InChI is InChI=1S/C23H20ClN3O2/c1-29-19-12-8-17(9-13-19)15-27-22(28)20-4-2-3-5-21(20)26(23(27)25)14-16-6-10-18(24)11-7-16/h2-13,25H,14-15H2,1H3. The highest BCUT2D eigenvalue weighted by atomic mass is 35.5. The van der Waals surface area contributed by atoms with Gasteiger partial charge in [0, 0.05) is 5.02 Å². The minimum absolute atomic E-state index is 0.152. The molecule has 0 spiro atoms. The highest BCUT2D eigenvalue weighted by Gasteiger charge is 2.12. The van der Waals surface area contributed by atoms with Gasteiger partial charge in [-0.05, 0) is 47.5 Å². The Hall–Kier alpha value is -3.31. The molecule has 0 fully saturated rings. The number of hydrogen-bond acceptors (Lipinski definition) is 3. The first-order valence-electron chi connectivity index (χ1n) is 9.21. The van der Waals surface area contributed by atoms with Crippen molar-refractivity contribution in [2.75, 3.05) is 7.11 Å². The number of rotatable bonds is 5. The zero-order valence-electron chi connectivity index (χ0n) is 15.9. The van der Waals surface area contributed by atoms with Crippen molar-refractivity contribution in [3.05, 3.63) is 105 Å². The summed E-state index contributed by atoms with van der Waals surface area (Å²) in [4.78, 5) is 13.1. The number of hydrogen-bond donors (Lipinski definition) is 1. The third-order valence-electron chi connectivity index (χ3n) is 4.94. The van der Waals surface area contributed by atoms with Crippen LogP contribution in [0.2, 0.25) is 5.02 Å². The van der Waals surface area contributed by atoms with Crippen molar-refractivity contribution in [1.82, 2.24) is 9.13 Å². The van der Waals surface area contributed by atoms with Crippen LogP contribution in [-0.4, -0.2) is 16.2 Å². The fourth-order valence-corrected chi connectivity index (χ4v) is 3.51. The van der Waals surface area contributed by atoms with Crippen LogP contribution in [0.3, 0.4) is 0 Å². The van der Waals surface area contributed by atoms with Crippen LogP contribution < -0.4 is 15.9 Å². The molecule has 0 amide bonds. The number of benzene rings is 3. The second kappa shape index (κ2) is 7.97. The van der Waals surface area contributed by atoms with Crippen LogP contribution in [0.5, 0.6) is 5.75 Å². The number of ether oxygens (including phenoxy) is 1. The summed E-state index contributed by atoms with van der Waals surface area (Å²) < 4.78 is 8.55. The molecule has 0 atom stereocenters. The molecular weight excluding hydrogens is 386 g/mol. The molecule has 1 N–H and O–H groups in total. The molecule has 0 radical (unpaired) electrons. The number of halogens is 1. The zero-order chi connectivity index (χ0) is 20.4. The van der Waals surface area contributed by atoms with Gasteiger partial charge < -0.3 is 9.30 Å². The molecule has 6 heteroatoms. The normalized spacial score (nSPS) is 11.0. The van der Waals surface area contributed by atoms with Crippen LogP contribution in [0.4, 0.5) is 0 Å². The van der Waals surface area contributed by atoms with Crippen LogP contribution in [-0.2, 0) is 13.1 Å². The lowest BCUT2D eigenvalue weighted by atomic mass is 10.2. The molecule has 146 valence electrons. The lowest BCUT2D eigenvalue weighted by Crippen LogP contribution is -2.40. The van der Waals surface area contributed by atoms with Gasteiger partial charge in [-0.2, -0.15) is 0 Å². The first-order chi connectivity index (χ1) is 14.1. The molecule has 0 aliphatic heterocycles. The van der Waals surface area contributed by atoms with E-state index in [0.29, 0.717) is 23.5 Å². The average Bonchev–Trinajstić information content (AvgIpc) is 2.76. The summed E-state index contributed by atoms with van der Waals surface area (Å²) in [6.07, 6.45) is 0. The molecule has 0 unspecified atom stereocenters. The van der Waals surface area contributed by atoms with Crippen LogP contribution >= 0.6 is 11.6 Å². The van der Waals surface area contributed by atoms with E-state index < -0.39 is 0 Å². The van der Waals surface area contributed by atoms with Gasteiger partial charge in [0.1, 0.15) is 5.75 Å². The molecule has 0 aliphatic carbocycles. The van der Waals surface area contributed by atoms with Crippen molar-refractivity contribution in [2.24, 2.45) is 0 Å². The van der Waals surface area contributed by atoms with Gasteiger partial charge in [-0.3, -0.25) is 14.8 Å². The predicted molar refractivity (Wildman–Crippen MR) is 115 cm³/mol. The van der Waals surface area contributed by atoms with E-state index in [1.54, 1.807) is 13.2 Å². The van der Waals surface area contributed by atoms with E-state index in [0.717, 1.165) is 22.4 Å². The Morgan fingerprint density at radius 3 is 2.10 bits per heavy atom. The Morgan fingerprint density at radius 1 is 0.862 bits per heavy atom. The Morgan fingerprint density at radius 2 is 1.45 bits per heavy atom. The lowest BCUT2D eigenvalue weighted by molar-refractivity contribution is 0.414. The summed E-state index contributed by atoms with van der Waals surface area (Å²) in [5.41, 5.74) is 2.65. The number of aromatic nitrogens is 2. The number of fused-ring (bicyclic) bond motifs is 1. The second-order valence-electron chi connectivity index (χ2n) is 6.79. The summed E-state index contributed by atoms with van der Waals surface area (Å²) in [6.45, 7) is 0.784. The van der Waals surface area contributed by atoms with Gasteiger partial charge in [0.05, 0.1) is 31.1 Å². The first-order valence-corrected chi connectivity index (χ1v) is 9.59. The van der Waals surface area contributed by atoms with E-state index in [-0.39, 0.29) is 11.2 Å². The summed E-state index contributed by atoms with van der Waals surface area (Å²) >= 11 is 6.00. The molecule has 4 aromatic rings. The van der Waals surface area contributed by atoms with Gasteiger partial charge in [-0.15, -0.1) is 0 Å². The third kappa shape index (κ3) is 3.82. The van der Waals surface area contributed by atoms with Gasteiger partial charge >= 0.3 is 0 Å². The van der Waals surface area contributed by atoms with E-state index in [1.165, 1.54) is 4.57 Å². The molecule has 0 saturated carbocycles. The smallest absolute Gasteiger partial charge is 0.263 e. The summed E-state index contributed by atoms with van der Waals surface area (Å²) in [5.74, 6) is 0.753. The van der Waals surface area contributed by atoms with E-state index >= 15 is 0 Å². The highest BCUT2D eigenvalue weighted by molar-refractivity contribution is 6.30. The number of nitrogens with zero attached hydrogens (tertiary/aromatic N) is 2. The fraction of sp³-hybridized carbons (Fsp3) is 0.130. The largest absolute Gasteiger partial charge is 0.497 e. The van der Waals surface area contributed by atoms with Crippen LogP contribution in [0, 0.1) is 5.41 Å². The van der Waals surface area contributed by atoms with Crippen molar-refractivity contribution in [1.29, 1.82) is 5.41 Å². The van der Waals surface area contributed by atoms with Gasteiger partial charge in [0.25, 0.3) is 5.56 Å². The minimum atomic E-state index is -0.172. The third-order valence-corrected chi connectivity index (χ3v) is 5.19. The predicted octanol–water partition coefficient (Wildman–Crippen LogP) is 4.04. The molecule has 0 bridgehead atoms. The molecule has 1 heterocycles. The van der Waals surface area contributed by atoms with E-state index in [9.17, 15) is 4.79 Å². The second-order valence-corrected chi connectivity index (χ2v) is 7.23. The van der Waals surface area contributed by atoms with E-state index in [4.69, 9.17) is 21.7 Å². The van der Waals surface area contributed by atoms with Crippen molar-refractivity contribution in [3.8, 4) is 5.75 Å². The number of methoxy groups -OCH3 is 1. The minimum Gasteiger partial charge on any atom is -0.497 e. The molecular formula is C23H20ClN3O2. The van der Waals surface area contributed by atoms with E-state index in [1.807, 2.05) is 71.3 Å². The Balaban J connectivity index is 1.84. The number of para-hydroxylation sites is 1. The first kappa shape index (κ1) is 19.0. The van der Waals surface area contributed by atoms with Crippen molar-refractivity contribution < 1.29 is 4.74 Å². The van der Waals surface area contributed by atoms with Gasteiger partial charge in [0.2, 0.25) is 5.62 Å². The maximum atomic E-state index is 13.1. The Kier molecular flexibility index (Phi) is 5.23. The molecule has 0 saturated heterocycles. The highest BCUT2D eigenvalue weighted by Crippen LogP contribution is 2.15. The van der Waals surface area contributed by atoms with Crippen LogP contribution in [0.15, 0.2) is 77.6 Å². The summed E-state index contributed by atoms with van der Waals surface area (Å²) in [7, 11) is 1.62. The number of nitrogens with one attached hydrogen (secondary N) is 1. The molecule has 5 nitrogen and oxygen atoms in total. The van der Waals surface area contributed by atoms with Crippen molar-refractivity contribution in [3.63, 3.8) is 0 Å². The maximum Gasteiger partial charge on any atom is 0.263 e. The zero-order valence-corrected chi connectivity index (χ0v) is 16.7. The summed E-state index contributed by atoms with van der Waals surface area (Å²) in [6, 6.07) is 22.5. The lowest BCUT2D eigenvalue weighted by Gasteiger charge is -2.16. The molecule has 29 heavy (non-hydrogen) atoms. The van der Waals surface area contributed by atoms with Gasteiger partial charge in [-0.1, -0.05) is 48.0 Å². The quantitative estimate of drug-likeness (QED) is 0.544. The molecule has 4 rings (SSSR count). The van der Waals surface area contributed by atoms with Crippen molar-refractivity contribution in [2.45, 2.75) is 13.1 Å². The van der Waals surface area contributed by atoms with Gasteiger partial charge in [0.15, 0.2) is 0 Å². The summed E-state index contributed by atoms with van der Waals surface area (Å²) in [5, 5.41) is 10.0. The maximum absolute atomic E-state index is 13.1. The Bertz CT molecular complexity index is 1270. The monoisotopic (exact) mass is 405 g/mol. The van der Waals surface area contributed by atoms with Gasteiger partial charge in [-0.25, -0.2) is 0 Å². The van der Waals surface area contributed by atoms with Crippen LogP contribution in [0.25, 0.3) is 10.9 Å². The van der Waals surface area contributed by atoms with Crippen LogP contribution in [0.1, 0.15) is 11.1 Å². The van der Waals surface area contributed by atoms with Crippen molar-refractivity contribution >= 4 is 22.5 Å². The molecule has 3 aromatic carbocycles. The Labute approximate surface area is 172 Å². The fourth-order valence-electron chi connectivity index (χ4n) is 3.38. The van der Waals surface area contributed by atoms with E-state index in [2.05, 4.69) is 0 Å². The average molecular weight is 406 g/mol. The molecule has 1 aromatic heterocycles. The SMILES string of the molecule is COc1ccc(Cn2c(=O)c3ccccc3n(Cc3ccc(Cl)cc3)c2=N)cc1. The molecule has 0 aliphatic rings.